The Morgan fingerprint density at radius 2 is 1.52 bits per heavy atom. The molecule has 2 aromatic rings. The molecule has 0 N–H and O–H groups in total. The van der Waals surface area contributed by atoms with Gasteiger partial charge in [-0.25, -0.2) is 0 Å². The van der Waals surface area contributed by atoms with E-state index in [2.05, 4.69) is 0 Å². The van der Waals surface area contributed by atoms with Crippen molar-refractivity contribution in [3.63, 3.8) is 0 Å². The van der Waals surface area contributed by atoms with E-state index in [0.29, 0.717) is 11.3 Å². The normalized spacial score (nSPS) is 14.7. The van der Waals surface area contributed by atoms with Crippen LogP contribution in [0.3, 0.4) is 0 Å². The highest BCUT2D eigenvalue weighted by Crippen LogP contribution is 2.43. The molecule has 0 amide bonds. The molecule has 1 heterocycles. The van der Waals surface area contributed by atoms with Gasteiger partial charge >= 0.3 is 17.9 Å². The number of rotatable bonds is 5. The molecule has 0 spiro atoms. The Labute approximate surface area is 177 Å². The average molecular weight is 428 g/mol. The van der Waals surface area contributed by atoms with Crippen molar-refractivity contribution < 1.29 is 42.9 Å². The zero-order valence-corrected chi connectivity index (χ0v) is 17.3. The molecule has 1 atom stereocenters. The summed E-state index contributed by atoms with van der Waals surface area (Å²) >= 11 is 0. The van der Waals surface area contributed by atoms with Gasteiger partial charge in [-0.05, 0) is 17.7 Å². The van der Waals surface area contributed by atoms with Crippen molar-refractivity contribution in [1.29, 1.82) is 0 Å². The lowest BCUT2D eigenvalue weighted by atomic mass is 9.95. The van der Waals surface area contributed by atoms with Crippen LogP contribution in [0.4, 0.5) is 0 Å². The zero-order valence-electron chi connectivity index (χ0n) is 17.3. The minimum atomic E-state index is -0.696. The van der Waals surface area contributed by atoms with Gasteiger partial charge in [-0.2, -0.15) is 0 Å². The van der Waals surface area contributed by atoms with E-state index >= 15 is 0 Å². The molecule has 1 unspecified atom stereocenters. The second kappa shape index (κ2) is 8.86. The fraction of sp³-hybridized carbons (Fsp3) is 0.273. The number of methoxy groups -OCH3 is 1. The van der Waals surface area contributed by atoms with E-state index in [-0.39, 0.29) is 40.8 Å². The number of hydrogen-bond acceptors (Lipinski definition) is 9. The predicted octanol–water partition coefficient (Wildman–Crippen LogP) is 3.18. The van der Waals surface area contributed by atoms with Gasteiger partial charge in [-0.3, -0.25) is 19.2 Å². The lowest BCUT2D eigenvalue weighted by Gasteiger charge is -2.27. The molecule has 31 heavy (non-hydrogen) atoms. The fourth-order valence-electron chi connectivity index (χ4n) is 3.17. The molecule has 162 valence electrons. The molecule has 0 saturated carbocycles. The van der Waals surface area contributed by atoms with Crippen molar-refractivity contribution in [1.82, 2.24) is 0 Å². The molecule has 0 saturated heterocycles. The molecule has 0 radical (unpaired) electrons. The van der Waals surface area contributed by atoms with Crippen molar-refractivity contribution in [3.8, 4) is 28.7 Å². The fourth-order valence-corrected chi connectivity index (χ4v) is 3.17. The van der Waals surface area contributed by atoms with Gasteiger partial charge in [-0.15, -0.1) is 0 Å². The second-order valence-electron chi connectivity index (χ2n) is 6.72. The van der Waals surface area contributed by atoms with Crippen LogP contribution >= 0.6 is 0 Å². The van der Waals surface area contributed by atoms with E-state index in [4.69, 9.17) is 23.7 Å². The summed E-state index contributed by atoms with van der Waals surface area (Å²) < 4.78 is 26.6. The summed E-state index contributed by atoms with van der Waals surface area (Å²) in [6.45, 7) is 3.68. The maximum atomic E-state index is 12.9. The van der Waals surface area contributed by atoms with Crippen molar-refractivity contribution in [2.24, 2.45) is 0 Å². The standard InChI is InChI=1S/C22H20O9/c1-11(23)28-15-8-20(30-13(3)25)22-16(26)10-18(31-21(22)9-15)14-5-6-17(29-12(2)24)19(7-14)27-4/h5-9,18H,10H2,1-4H3. The quantitative estimate of drug-likeness (QED) is 0.523. The van der Waals surface area contributed by atoms with Crippen molar-refractivity contribution in [2.45, 2.75) is 33.3 Å². The Morgan fingerprint density at radius 1 is 0.871 bits per heavy atom. The third kappa shape index (κ3) is 5.00. The predicted molar refractivity (Wildman–Crippen MR) is 106 cm³/mol. The number of esters is 3. The van der Waals surface area contributed by atoms with Gasteiger partial charge in [0.1, 0.15) is 28.9 Å². The molecule has 1 aliphatic rings. The SMILES string of the molecule is COc1cc(C2CC(=O)c3c(OC(C)=O)cc(OC(C)=O)cc3O2)ccc1OC(C)=O. The number of benzene rings is 2. The molecule has 0 aliphatic carbocycles. The first-order valence-corrected chi connectivity index (χ1v) is 9.29. The van der Waals surface area contributed by atoms with Crippen LogP contribution in [-0.4, -0.2) is 30.8 Å². The molecular weight excluding hydrogens is 408 g/mol. The highest BCUT2D eigenvalue weighted by molar-refractivity contribution is 6.03. The van der Waals surface area contributed by atoms with Gasteiger partial charge < -0.3 is 23.7 Å². The highest BCUT2D eigenvalue weighted by Gasteiger charge is 2.32. The van der Waals surface area contributed by atoms with Crippen molar-refractivity contribution >= 4 is 23.7 Å². The van der Waals surface area contributed by atoms with Crippen LogP contribution in [0.1, 0.15) is 49.2 Å². The van der Waals surface area contributed by atoms with Crippen molar-refractivity contribution in [3.05, 3.63) is 41.5 Å². The molecular formula is C22H20O9. The summed E-state index contributed by atoms with van der Waals surface area (Å²) in [5.41, 5.74) is 0.685. The summed E-state index contributed by atoms with van der Waals surface area (Å²) in [7, 11) is 1.42. The lowest BCUT2D eigenvalue weighted by Crippen LogP contribution is -2.22. The van der Waals surface area contributed by atoms with Crippen molar-refractivity contribution in [2.75, 3.05) is 7.11 Å². The van der Waals surface area contributed by atoms with Crippen LogP contribution in [0, 0.1) is 0 Å². The number of Topliss-reactive ketones (excluding diaryl/α,β-unsaturated/α-hetero) is 1. The van der Waals surface area contributed by atoms with Gasteiger partial charge in [-0.1, -0.05) is 6.07 Å². The molecule has 2 aromatic carbocycles. The van der Waals surface area contributed by atoms with Crippen LogP contribution < -0.4 is 23.7 Å². The van der Waals surface area contributed by atoms with Gasteiger partial charge in [0.2, 0.25) is 0 Å². The first-order valence-electron chi connectivity index (χ1n) is 9.29. The average Bonchev–Trinajstić information content (AvgIpc) is 2.66. The Bertz CT molecular complexity index is 1070. The van der Waals surface area contributed by atoms with E-state index in [1.165, 1.54) is 40.0 Å². The molecule has 0 bridgehead atoms. The van der Waals surface area contributed by atoms with Crippen LogP contribution in [0.5, 0.6) is 28.7 Å². The maximum Gasteiger partial charge on any atom is 0.308 e. The summed E-state index contributed by atoms with van der Waals surface area (Å²) in [5, 5.41) is 0. The third-order valence-corrected chi connectivity index (χ3v) is 4.29. The van der Waals surface area contributed by atoms with E-state index < -0.39 is 24.0 Å². The van der Waals surface area contributed by atoms with E-state index in [0.717, 1.165) is 0 Å². The van der Waals surface area contributed by atoms with Gasteiger partial charge in [0, 0.05) is 32.9 Å². The second-order valence-corrected chi connectivity index (χ2v) is 6.72. The number of carbonyl (C=O) groups is 4. The number of ketones is 1. The Kier molecular flexibility index (Phi) is 6.24. The lowest BCUT2D eigenvalue weighted by molar-refractivity contribution is -0.133. The molecule has 1 aliphatic heterocycles. The Morgan fingerprint density at radius 3 is 2.13 bits per heavy atom. The first kappa shape index (κ1) is 21.8. The molecule has 9 heteroatoms. The summed E-state index contributed by atoms with van der Waals surface area (Å²) in [5.74, 6) is -1.38. The topological polar surface area (TPSA) is 114 Å². The van der Waals surface area contributed by atoms with Crippen LogP contribution in [0.2, 0.25) is 0 Å². The summed E-state index contributed by atoms with van der Waals surface area (Å²) in [4.78, 5) is 47.0. The van der Waals surface area contributed by atoms with E-state index in [1.54, 1.807) is 18.2 Å². The number of carbonyl (C=O) groups excluding carboxylic acids is 4. The number of ether oxygens (including phenoxy) is 5. The molecule has 0 fully saturated rings. The largest absolute Gasteiger partial charge is 0.493 e. The summed E-state index contributed by atoms with van der Waals surface area (Å²) in [6.07, 6.45) is -0.734. The first-order chi connectivity index (χ1) is 14.7. The van der Waals surface area contributed by atoms with Crippen LogP contribution in [0.25, 0.3) is 0 Å². The number of fused-ring (bicyclic) bond motifs is 1. The smallest absolute Gasteiger partial charge is 0.308 e. The minimum Gasteiger partial charge on any atom is -0.493 e. The van der Waals surface area contributed by atoms with Gasteiger partial charge in [0.15, 0.2) is 17.3 Å². The van der Waals surface area contributed by atoms with Crippen LogP contribution in [0.15, 0.2) is 30.3 Å². The highest BCUT2D eigenvalue weighted by atomic mass is 16.6. The maximum absolute atomic E-state index is 12.9. The van der Waals surface area contributed by atoms with Gasteiger partial charge in [0.25, 0.3) is 0 Å². The van der Waals surface area contributed by atoms with Crippen LogP contribution in [-0.2, 0) is 14.4 Å². The molecule has 3 rings (SSSR count). The zero-order chi connectivity index (χ0) is 22.7. The Hall–Kier alpha value is -3.88. The van der Waals surface area contributed by atoms with Gasteiger partial charge in [0.05, 0.1) is 13.5 Å². The summed E-state index contributed by atoms with van der Waals surface area (Å²) in [6, 6.07) is 7.47. The molecule has 9 nitrogen and oxygen atoms in total. The monoisotopic (exact) mass is 428 g/mol. The molecule has 0 aromatic heterocycles. The van der Waals surface area contributed by atoms with E-state index in [1.807, 2.05) is 0 Å². The van der Waals surface area contributed by atoms with E-state index in [9.17, 15) is 19.2 Å². The number of hydrogen-bond donors (Lipinski definition) is 0. The third-order valence-electron chi connectivity index (χ3n) is 4.29. The minimum absolute atomic E-state index is 0.0375. The Balaban J connectivity index is 2.00.